The van der Waals surface area contributed by atoms with Crippen LogP contribution in [0.5, 0.6) is 0 Å². The number of rotatable bonds is 1. The first-order valence-electron chi connectivity index (χ1n) is 8.22. The number of carbonyl (C=O) groups is 2. The molecule has 0 atom stereocenters. The standard InChI is InChI=1S/C21H13ClN2O2/c1-24-15-8-3-2-7-13(15)17-16(24)10-14(11-5-4-6-12(22)9-11)18-19(17)21(26)23-20(18)25/h2-10H,1H3,(H,23,25,26). The summed E-state index contributed by atoms with van der Waals surface area (Å²) in [5.74, 6) is -0.718. The second-order valence-corrected chi connectivity index (χ2v) is 6.87. The van der Waals surface area contributed by atoms with Crippen LogP contribution in [0.25, 0.3) is 32.9 Å². The number of benzene rings is 3. The molecule has 1 aliphatic rings. The minimum Gasteiger partial charge on any atom is -0.344 e. The molecule has 26 heavy (non-hydrogen) atoms. The highest BCUT2D eigenvalue weighted by molar-refractivity contribution is 6.33. The maximum atomic E-state index is 12.6. The Morgan fingerprint density at radius 3 is 2.46 bits per heavy atom. The smallest absolute Gasteiger partial charge is 0.259 e. The molecule has 0 spiro atoms. The van der Waals surface area contributed by atoms with Gasteiger partial charge in [-0.25, -0.2) is 0 Å². The molecule has 3 aromatic carbocycles. The lowest BCUT2D eigenvalue weighted by Crippen LogP contribution is -2.20. The molecule has 2 heterocycles. The van der Waals surface area contributed by atoms with E-state index in [0.29, 0.717) is 21.7 Å². The van der Waals surface area contributed by atoms with E-state index < -0.39 is 0 Å². The lowest BCUT2D eigenvalue weighted by molar-refractivity contribution is 0.0880. The van der Waals surface area contributed by atoms with Gasteiger partial charge in [0.25, 0.3) is 11.8 Å². The van der Waals surface area contributed by atoms with E-state index in [1.54, 1.807) is 6.07 Å². The molecule has 0 fully saturated rings. The number of aromatic nitrogens is 1. The summed E-state index contributed by atoms with van der Waals surface area (Å²) >= 11 is 6.15. The molecule has 0 unspecified atom stereocenters. The van der Waals surface area contributed by atoms with Crippen molar-refractivity contribution in [2.75, 3.05) is 0 Å². The van der Waals surface area contributed by atoms with Crippen LogP contribution in [0.1, 0.15) is 20.7 Å². The van der Waals surface area contributed by atoms with Gasteiger partial charge in [0.05, 0.1) is 16.6 Å². The number of aryl methyl sites for hydroxylation is 1. The zero-order valence-corrected chi connectivity index (χ0v) is 14.6. The topological polar surface area (TPSA) is 51.1 Å². The van der Waals surface area contributed by atoms with Gasteiger partial charge in [-0.2, -0.15) is 0 Å². The summed E-state index contributed by atoms with van der Waals surface area (Å²) in [7, 11) is 1.97. The number of imide groups is 1. The molecule has 5 heteroatoms. The number of amides is 2. The van der Waals surface area contributed by atoms with E-state index in [-0.39, 0.29) is 11.8 Å². The molecular formula is C21H13ClN2O2. The highest BCUT2D eigenvalue weighted by Crippen LogP contribution is 2.40. The van der Waals surface area contributed by atoms with Crippen LogP contribution in [0.3, 0.4) is 0 Å². The van der Waals surface area contributed by atoms with E-state index in [9.17, 15) is 9.59 Å². The lowest BCUT2D eigenvalue weighted by atomic mass is 9.93. The van der Waals surface area contributed by atoms with Crippen molar-refractivity contribution < 1.29 is 9.59 Å². The quantitative estimate of drug-likeness (QED) is 0.507. The van der Waals surface area contributed by atoms with Crippen molar-refractivity contribution in [1.82, 2.24) is 9.88 Å². The summed E-state index contributed by atoms with van der Waals surface area (Å²) in [6.45, 7) is 0. The first kappa shape index (κ1) is 15.2. The van der Waals surface area contributed by atoms with Crippen molar-refractivity contribution in [3.63, 3.8) is 0 Å². The second kappa shape index (κ2) is 5.19. The van der Waals surface area contributed by atoms with Crippen LogP contribution in [0.4, 0.5) is 0 Å². The van der Waals surface area contributed by atoms with E-state index in [4.69, 9.17) is 11.6 Å². The molecule has 2 amide bonds. The number of halogens is 1. The molecule has 0 saturated heterocycles. The summed E-state index contributed by atoms with van der Waals surface area (Å²) in [5.41, 5.74) is 4.31. The normalized spacial score (nSPS) is 13.5. The summed E-state index contributed by atoms with van der Waals surface area (Å²) in [6, 6.07) is 17.2. The van der Waals surface area contributed by atoms with Gasteiger partial charge in [-0.1, -0.05) is 41.9 Å². The maximum absolute atomic E-state index is 12.6. The number of para-hydroxylation sites is 1. The molecule has 0 saturated carbocycles. The Balaban J connectivity index is 2.02. The number of nitrogens with one attached hydrogen (secondary N) is 1. The van der Waals surface area contributed by atoms with Crippen LogP contribution in [-0.2, 0) is 7.05 Å². The molecule has 1 aliphatic heterocycles. The van der Waals surface area contributed by atoms with Crippen LogP contribution in [-0.4, -0.2) is 16.4 Å². The van der Waals surface area contributed by atoms with Crippen molar-refractivity contribution in [3.05, 3.63) is 70.7 Å². The zero-order chi connectivity index (χ0) is 18.0. The van der Waals surface area contributed by atoms with Gasteiger partial charge in [-0.05, 0) is 35.4 Å². The summed E-state index contributed by atoms with van der Waals surface area (Å²) in [6.07, 6.45) is 0. The number of hydrogen-bond donors (Lipinski definition) is 1. The summed E-state index contributed by atoms with van der Waals surface area (Å²) in [5, 5.41) is 4.81. The number of nitrogens with zero attached hydrogens (tertiary/aromatic N) is 1. The third-order valence-corrected chi connectivity index (χ3v) is 5.25. The SMILES string of the molecule is Cn1c2ccccc2c2c3c(c(-c4cccc(Cl)c4)cc21)C(=O)NC3=O. The van der Waals surface area contributed by atoms with Crippen LogP contribution < -0.4 is 5.32 Å². The number of fused-ring (bicyclic) bond motifs is 5. The Morgan fingerprint density at radius 2 is 1.65 bits per heavy atom. The van der Waals surface area contributed by atoms with Gasteiger partial charge >= 0.3 is 0 Å². The Labute approximate surface area is 154 Å². The van der Waals surface area contributed by atoms with Crippen molar-refractivity contribution >= 4 is 45.2 Å². The van der Waals surface area contributed by atoms with Crippen molar-refractivity contribution in [2.24, 2.45) is 7.05 Å². The third kappa shape index (κ3) is 1.90. The molecular weight excluding hydrogens is 348 g/mol. The van der Waals surface area contributed by atoms with E-state index >= 15 is 0 Å². The third-order valence-electron chi connectivity index (χ3n) is 5.02. The average molecular weight is 361 g/mol. The average Bonchev–Trinajstić information content (AvgIpc) is 3.09. The van der Waals surface area contributed by atoms with E-state index in [0.717, 1.165) is 27.4 Å². The molecule has 5 rings (SSSR count). The van der Waals surface area contributed by atoms with Gasteiger partial charge in [-0.15, -0.1) is 0 Å². The number of carbonyl (C=O) groups excluding carboxylic acids is 2. The minimum atomic E-state index is -0.366. The van der Waals surface area contributed by atoms with Gasteiger partial charge in [0.15, 0.2) is 0 Å². The molecule has 1 aromatic heterocycles. The van der Waals surface area contributed by atoms with Gasteiger partial charge in [0.1, 0.15) is 0 Å². The Kier molecular flexibility index (Phi) is 3.03. The predicted molar refractivity (Wildman–Crippen MR) is 103 cm³/mol. The molecule has 4 aromatic rings. The first-order valence-corrected chi connectivity index (χ1v) is 8.60. The summed E-state index contributed by atoms with van der Waals surface area (Å²) < 4.78 is 2.05. The molecule has 4 nitrogen and oxygen atoms in total. The maximum Gasteiger partial charge on any atom is 0.259 e. The lowest BCUT2D eigenvalue weighted by Gasteiger charge is -2.09. The molecule has 1 N–H and O–H groups in total. The Hall–Kier alpha value is -3.11. The fourth-order valence-electron chi connectivity index (χ4n) is 3.89. The fraction of sp³-hybridized carbons (Fsp3) is 0.0476. The van der Waals surface area contributed by atoms with Crippen molar-refractivity contribution in [2.45, 2.75) is 0 Å². The van der Waals surface area contributed by atoms with E-state index in [2.05, 4.69) is 9.88 Å². The highest BCUT2D eigenvalue weighted by Gasteiger charge is 2.34. The van der Waals surface area contributed by atoms with Gasteiger partial charge in [-0.3, -0.25) is 14.9 Å². The zero-order valence-electron chi connectivity index (χ0n) is 13.8. The van der Waals surface area contributed by atoms with E-state index in [1.807, 2.05) is 55.6 Å². The molecule has 0 radical (unpaired) electrons. The monoisotopic (exact) mass is 360 g/mol. The van der Waals surface area contributed by atoms with Crippen LogP contribution in [0.15, 0.2) is 54.6 Å². The van der Waals surface area contributed by atoms with Crippen molar-refractivity contribution in [3.8, 4) is 11.1 Å². The largest absolute Gasteiger partial charge is 0.344 e. The second-order valence-electron chi connectivity index (χ2n) is 6.44. The first-order chi connectivity index (χ1) is 12.6. The number of hydrogen-bond acceptors (Lipinski definition) is 2. The molecule has 126 valence electrons. The highest BCUT2D eigenvalue weighted by atomic mass is 35.5. The van der Waals surface area contributed by atoms with Gasteiger partial charge in [0, 0.05) is 28.4 Å². The van der Waals surface area contributed by atoms with Crippen LogP contribution in [0.2, 0.25) is 5.02 Å². The van der Waals surface area contributed by atoms with E-state index in [1.165, 1.54) is 0 Å². The molecule has 0 aliphatic carbocycles. The molecule has 0 bridgehead atoms. The van der Waals surface area contributed by atoms with Crippen molar-refractivity contribution in [1.29, 1.82) is 0 Å². The predicted octanol–water partition coefficient (Wildman–Crippen LogP) is 4.54. The van der Waals surface area contributed by atoms with Crippen LogP contribution in [0, 0.1) is 0 Å². The Bertz CT molecular complexity index is 1270. The van der Waals surface area contributed by atoms with Gasteiger partial charge in [0.2, 0.25) is 0 Å². The van der Waals surface area contributed by atoms with Crippen LogP contribution >= 0.6 is 11.6 Å². The fourth-order valence-corrected chi connectivity index (χ4v) is 4.08. The van der Waals surface area contributed by atoms with Gasteiger partial charge < -0.3 is 4.57 Å². The summed E-state index contributed by atoms with van der Waals surface area (Å²) in [4.78, 5) is 25.2. The Morgan fingerprint density at radius 1 is 0.885 bits per heavy atom. The minimum absolute atomic E-state index is 0.352.